The summed E-state index contributed by atoms with van der Waals surface area (Å²) in [5.41, 5.74) is 2.24. The van der Waals surface area contributed by atoms with Crippen LogP contribution in [0.2, 0.25) is 0 Å². The third kappa shape index (κ3) is 2.39. The van der Waals surface area contributed by atoms with Crippen molar-refractivity contribution >= 4 is 17.2 Å². The summed E-state index contributed by atoms with van der Waals surface area (Å²) in [6.45, 7) is 0. The number of hydrogen-bond donors (Lipinski definition) is 2. The van der Waals surface area contributed by atoms with E-state index in [1.54, 1.807) is 30.6 Å². The van der Waals surface area contributed by atoms with Crippen LogP contribution in [-0.4, -0.2) is 30.7 Å². The Balaban J connectivity index is 1.67. The van der Waals surface area contributed by atoms with Crippen LogP contribution in [0.3, 0.4) is 0 Å². The summed E-state index contributed by atoms with van der Waals surface area (Å²) in [5.74, 6) is -0.748. The molecule has 0 spiro atoms. The van der Waals surface area contributed by atoms with E-state index in [0.29, 0.717) is 28.2 Å². The molecule has 3 aromatic heterocycles. The lowest BCUT2D eigenvalue weighted by Crippen LogP contribution is -2.12. The Hall–Kier alpha value is -3.55. The lowest BCUT2D eigenvalue weighted by Gasteiger charge is -2.04. The van der Waals surface area contributed by atoms with Crippen LogP contribution in [0.5, 0.6) is 0 Å². The molecule has 118 valence electrons. The van der Waals surface area contributed by atoms with Crippen LogP contribution in [0.25, 0.3) is 16.9 Å². The maximum Gasteiger partial charge on any atom is 0.261 e. The van der Waals surface area contributed by atoms with Crippen LogP contribution in [-0.2, 0) is 0 Å². The summed E-state index contributed by atoms with van der Waals surface area (Å²) in [6.07, 6.45) is 6.27. The van der Waals surface area contributed by atoms with Crippen molar-refractivity contribution in [1.82, 2.24) is 24.8 Å². The second-order valence-corrected chi connectivity index (χ2v) is 5.06. The number of rotatable bonds is 3. The molecule has 0 bridgehead atoms. The van der Waals surface area contributed by atoms with Gasteiger partial charge in [0.05, 0.1) is 11.9 Å². The Morgan fingerprint density at radius 2 is 2.21 bits per heavy atom. The molecular formula is C16H11FN6O. The number of nitrogens with zero attached hydrogens (tertiary/aromatic N) is 4. The third-order valence-electron chi connectivity index (χ3n) is 3.51. The Kier molecular flexibility index (Phi) is 3.27. The highest BCUT2D eigenvalue weighted by molar-refractivity contribution is 6.09. The molecule has 3 heterocycles. The van der Waals surface area contributed by atoms with Crippen molar-refractivity contribution in [2.45, 2.75) is 0 Å². The van der Waals surface area contributed by atoms with E-state index in [1.807, 2.05) is 0 Å². The highest BCUT2D eigenvalue weighted by Crippen LogP contribution is 2.26. The van der Waals surface area contributed by atoms with Crippen LogP contribution in [0.1, 0.15) is 10.4 Å². The molecule has 0 saturated carbocycles. The number of hydrogen-bond acceptors (Lipinski definition) is 4. The summed E-state index contributed by atoms with van der Waals surface area (Å²) in [4.78, 5) is 16.7. The van der Waals surface area contributed by atoms with Gasteiger partial charge in [0, 0.05) is 24.2 Å². The fourth-order valence-electron chi connectivity index (χ4n) is 2.42. The summed E-state index contributed by atoms with van der Waals surface area (Å²) < 4.78 is 14.9. The van der Waals surface area contributed by atoms with Crippen molar-refractivity contribution in [1.29, 1.82) is 0 Å². The minimum Gasteiger partial charge on any atom is -0.319 e. The Morgan fingerprint density at radius 3 is 3.08 bits per heavy atom. The fourth-order valence-corrected chi connectivity index (χ4v) is 2.42. The molecule has 8 heteroatoms. The van der Waals surface area contributed by atoms with Crippen molar-refractivity contribution in [2.24, 2.45) is 0 Å². The zero-order valence-electron chi connectivity index (χ0n) is 12.3. The maximum atomic E-state index is 13.4. The molecule has 7 nitrogen and oxygen atoms in total. The maximum absolute atomic E-state index is 13.4. The van der Waals surface area contributed by atoms with Gasteiger partial charge in [-0.05, 0) is 18.2 Å². The zero-order valence-corrected chi connectivity index (χ0v) is 12.3. The highest BCUT2D eigenvalue weighted by atomic mass is 19.1. The first-order valence-corrected chi connectivity index (χ1v) is 7.12. The van der Waals surface area contributed by atoms with E-state index >= 15 is 0 Å². The fraction of sp³-hybridized carbons (Fsp3) is 0. The number of halogens is 1. The zero-order chi connectivity index (χ0) is 16.5. The topological polar surface area (TPSA) is 88.0 Å². The average Bonchev–Trinajstić information content (AvgIpc) is 3.21. The predicted octanol–water partition coefficient (Wildman–Crippen LogP) is 2.51. The SMILES string of the molecule is O=C(Nc1c[nH]nc1-c1cccc(F)c1)c1cnn2cccnc12. The normalized spacial score (nSPS) is 10.9. The van der Waals surface area contributed by atoms with Crippen LogP contribution in [0.4, 0.5) is 10.1 Å². The summed E-state index contributed by atoms with van der Waals surface area (Å²) in [5, 5.41) is 13.6. The number of benzene rings is 1. The van der Waals surface area contributed by atoms with Gasteiger partial charge in [-0.15, -0.1) is 0 Å². The Bertz CT molecular complexity index is 1040. The van der Waals surface area contributed by atoms with Gasteiger partial charge >= 0.3 is 0 Å². The van der Waals surface area contributed by atoms with Gasteiger partial charge in [0.2, 0.25) is 0 Å². The second-order valence-electron chi connectivity index (χ2n) is 5.06. The third-order valence-corrected chi connectivity index (χ3v) is 3.51. The molecule has 0 atom stereocenters. The largest absolute Gasteiger partial charge is 0.319 e. The minimum atomic E-state index is -0.375. The molecular weight excluding hydrogens is 311 g/mol. The quantitative estimate of drug-likeness (QED) is 0.606. The van der Waals surface area contributed by atoms with Crippen molar-refractivity contribution in [3.05, 3.63) is 66.5 Å². The average molecular weight is 322 g/mol. The molecule has 4 rings (SSSR count). The van der Waals surface area contributed by atoms with E-state index in [9.17, 15) is 9.18 Å². The summed E-state index contributed by atoms with van der Waals surface area (Å²) >= 11 is 0. The van der Waals surface area contributed by atoms with E-state index in [-0.39, 0.29) is 11.7 Å². The number of anilines is 1. The highest BCUT2D eigenvalue weighted by Gasteiger charge is 2.17. The summed E-state index contributed by atoms with van der Waals surface area (Å²) in [7, 11) is 0. The van der Waals surface area contributed by atoms with E-state index in [1.165, 1.54) is 29.0 Å². The summed E-state index contributed by atoms with van der Waals surface area (Å²) in [6, 6.07) is 7.72. The lowest BCUT2D eigenvalue weighted by atomic mass is 10.1. The van der Waals surface area contributed by atoms with E-state index < -0.39 is 0 Å². The predicted molar refractivity (Wildman–Crippen MR) is 84.9 cm³/mol. The van der Waals surface area contributed by atoms with Crippen molar-refractivity contribution in [3.63, 3.8) is 0 Å². The van der Waals surface area contributed by atoms with E-state index in [2.05, 4.69) is 25.6 Å². The number of fused-ring (bicyclic) bond motifs is 1. The molecule has 2 N–H and O–H groups in total. The van der Waals surface area contributed by atoms with Gasteiger partial charge in [-0.3, -0.25) is 9.89 Å². The minimum absolute atomic E-state index is 0.335. The molecule has 0 aliphatic heterocycles. The van der Waals surface area contributed by atoms with Crippen molar-refractivity contribution in [2.75, 3.05) is 5.32 Å². The van der Waals surface area contributed by atoms with Crippen LogP contribution in [0.15, 0.2) is 55.1 Å². The van der Waals surface area contributed by atoms with Crippen LogP contribution >= 0.6 is 0 Å². The molecule has 0 aliphatic carbocycles. The van der Waals surface area contributed by atoms with Crippen LogP contribution < -0.4 is 5.32 Å². The first-order chi connectivity index (χ1) is 11.7. The van der Waals surface area contributed by atoms with Crippen molar-refractivity contribution < 1.29 is 9.18 Å². The monoisotopic (exact) mass is 322 g/mol. The molecule has 24 heavy (non-hydrogen) atoms. The Labute approximate surface area is 135 Å². The van der Waals surface area contributed by atoms with Gasteiger partial charge in [0.15, 0.2) is 5.65 Å². The Morgan fingerprint density at radius 1 is 1.29 bits per heavy atom. The smallest absolute Gasteiger partial charge is 0.261 e. The molecule has 0 radical (unpaired) electrons. The first-order valence-electron chi connectivity index (χ1n) is 7.12. The second kappa shape index (κ2) is 5.58. The first kappa shape index (κ1) is 14.1. The lowest BCUT2D eigenvalue weighted by molar-refractivity contribution is 0.102. The van der Waals surface area contributed by atoms with Crippen LogP contribution in [0, 0.1) is 5.82 Å². The molecule has 4 aromatic rings. The standard InChI is InChI=1S/C16H11FN6O/c17-11-4-1-3-10(7-11)14-13(9-19-22-14)21-16(24)12-8-20-23-6-2-5-18-15(12)23/h1-9H,(H,19,22)(H,21,24). The van der Waals surface area contributed by atoms with Gasteiger partial charge < -0.3 is 5.32 Å². The number of aromatic nitrogens is 5. The molecule has 0 aliphatic rings. The molecule has 0 unspecified atom stereocenters. The number of carbonyl (C=O) groups excluding carboxylic acids is 1. The number of H-pyrrole nitrogens is 1. The van der Waals surface area contributed by atoms with Gasteiger partial charge in [-0.25, -0.2) is 13.9 Å². The number of aromatic amines is 1. The van der Waals surface area contributed by atoms with Gasteiger partial charge in [-0.2, -0.15) is 10.2 Å². The molecule has 0 saturated heterocycles. The van der Waals surface area contributed by atoms with E-state index in [0.717, 1.165) is 0 Å². The van der Waals surface area contributed by atoms with Gasteiger partial charge in [0.1, 0.15) is 17.1 Å². The number of carbonyl (C=O) groups is 1. The van der Waals surface area contributed by atoms with E-state index in [4.69, 9.17) is 0 Å². The number of nitrogens with one attached hydrogen (secondary N) is 2. The molecule has 1 aromatic carbocycles. The number of amides is 1. The molecule has 1 amide bonds. The molecule has 0 fully saturated rings. The van der Waals surface area contributed by atoms with Gasteiger partial charge in [-0.1, -0.05) is 12.1 Å². The van der Waals surface area contributed by atoms with Crippen molar-refractivity contribution in [3.8, 4) is 11.3 Å². The van der Waals surface area contributed by atoms with Gasteiger partial charge in [0.25, 0.3) is 5.91 Å².